The number of pyridine rings is 1. The number of nitrogens with zero attached hydrogens (tertiary/aromatic N) is 3. The SMILES string of the molecule is Cn1c(-c2ccc(Cc3cccc(Cl)c3)cn2)c(C(N)=O)ncc1=O. The molecule has 0 saturated heterocycles. The second-order valence-electron chi connectivity index (χ2n) is 5.58. The Balaban J connectivity index is 1.97. The highest BCUT2D eigenvalue weighted by molar-refractivity contribution is 6.30. The van der Waals surface area contributed by atoms with E-state index in [1.807, 2.05) is 30.3 Å². The summed E-state index contributed by atoms with van der Waals surface area (Å²) in [4.78, 5) is 31.7. The lowest BCUT2D eigenvalue weighted by Crippen LogP contribution is -2.25. The minimum absolute atomic E-state index is 0.0113. The van der Waals surface area contributed by atoms with Crippen molar-refractivity contribution in [2.24, 2.45) is 12.8 Å². The molecule has 0 atom stereocenters. The number of carbonyl (C=O) groups is 1. The molecule has 2 N–H and O–H groups in total. The third-order valence-corrected chi connectivity index (χ3v) is 4.03. The van der Waals surface area contributed by atoms with E-state index in [1.54, 1.807) is 19.3 Å². The van der Waals surface area contributed by atoms with Crippen molar-refractivity contribution >= 4 is 17.5 Å². The van der Waals surface area contributed by atoms with Gasteiger partial charge in [-0.1, -0.05) is 29.8 Å². The molecule has 0 aliphatic rings. The fraction of sp³-hybridized carbons (Fsp3) is 0.111. The standard InChI is InChI=1S/C18H15ClN4O2/c1-23-15(24)10-22-16(18(20)25)17(23)14-6-5-12(9-21-14)7-11-3-2-4-13(19)8-11/h2-6,8-10H,7H2,1H3,(H2,20,25). The maximum atomic E-state index is 11.8. The smallest absolute Gasteiger partial charge is 0.269 e. The molecular formula is C18H15ClN4O2. The Morgan fingerprint density at radius 1 is 1.16 bits per heavy atom. The zero-order valence-electron chi connectivity index (χ0n) is 13.4. The molecular weight excluding hydrogens is 340 g/mol. The van der Waals surface area contributed by atoms with Gasteiger partial charge in [-0.05, 0) is 35.7 Å². The van der Waals surface area contributed by atoms with E-state index in [2.05, 4.69) is 9.97 Å². The Labute approximate surface area is 148 Å². The Hall–Kier alpha value is -2.99. The summed E-state index contributed by atoms with van der Waals surface area (Å²) < 4.78 is 1.31. The van der Waals surface area contributed by atoms with Gasteiger partial charge in [-0.2, -0.15) is 0 Å². The Kier molecular flexibility index (Phi) is 4.63. The van der Waals surface area contributed by atoms with Gasteiger partial charge in [0.05, 0.1) is 11.9 Å². The van der Waals surface area contributed by atoms with E-state index in [9.17, 15) is 9.59 Å². The first-order valence-corrected chi connectivity index (χ1v) is 7.89. The Morgan fingerprint density at radius 3 is 2.60 bits per heavy atom. The number of primary amides is 1. The topological polar surface area (TPSA) is 90.9 Å². The summed E-state index contributed by atoms with van der Waals surface area (Å²) in [6, 6.07) is 11.2. The minimum Gasteiger partial charge on any atom is -0.364 e. The number of rotatable bonds is 4. The number of benzene rings is 1. The molecule has 25 heavy (non-hydrogen) atoms. The summed E-state index contributed by atoms with van der Waals surface area (Å²) >= 11 is 6.00. The van der Waals surface area contributed by atoms with Crippen molar-refractivity contribution in [3.8, 4) is 11.4 Å². The quantitative estimate of drug-likeness (QED) is 0.777. The maximum Gasteiger partial charge on any atom is 0.269 e. The first kappa shape index (κ1) is 16.9. The zero-order valence-corrected chi connectivity index (χ0v) is 14.2. The van der Waals surface area contributed by atoms with Gasteiger partial charge in [0.2, 0.25) is 0 Å². The second-order valence-corrected chi connectivity index (χ2v) is 6.01. The molecule has 126 valence electrons. The maximum absolute atomic E-state index is 11.8. The molecule has 0 bridgehead atoms. The average Bonchev–Trinajstić information content (AvgIpc) is 2.58. The van der Waals surface area contributed by atoms with Crippen LogP contribution in [0.2, 0.25) is 5.02 Å². The van der Waals surface area contributed by atoms with Gasteiger partial charge in [0.15, 0.2) is 5.69 Å². The Bertz CT molecular complexity index is 997. The van der Waals surface area contributed by atoms with Crippen molar-refractivity contribution in [2.45, 2.75) is 6.42 Å². The molecule has 0 aliphatic carbocycles. The fourth-order valence-corrected chi connectivity index (χ4v) is 2.77. The average molecular weight is 355 g/mol. The van der Waals surface area contributed by atoms with Crippen LogP contribution in [0.3, 0.4) is 0 Å². The fourth-order valence-electron chi connectivity index (χ4n) is 2.56. The molecule has 0 spiro atoms. The van der Waals surface area contributed by atoms with Crippen LogP contribution in [0.1, 0.15) is 21.6 Å². The van der Waals surface area contributed by atoms with Crippen LogP contribution in [0, 0.1) is 0 Å². The molecule has 3 rings (SSSR count). The number of halogens is 1. The van der Waals surface area contributed by atoms with Crippen LogP contribution in [0.25, 0.3) is 11.4 Å². The number of nitrogens with two attached hydrogens (primary N) is 1. The summed E-state index contributed by atoms with van der Waals surface area (Å²) in [6.45, 7) is 0. The predicted molar refractivity (Wildman–Crippen MR) is 95.5 cm³/mol. The molecule has 2 heterocycles. The third-order valence-electron chi connectivity index (χ3n) is 3.79. The van der Waals surface area contributed by atoms with Crippen molar-refractivity contribution in [1.29, 1.82) is 0 Å². The van der Waals surface area contributed by atoms with Crippen LogP contribution >= 0.6 is 11.6 Å². The van der Waals surface area contributed by atoms with E-state index in [-0.39, 0.29) is 11.3 Å². The lowest BCUT2D eigenvalue weighted by atomic mass is 10.1. The van der Waals surface area contributed by atoms with E-state index >= 15 is 0 Å². The first-order chi connectivity index (χ1) is 12.0. The van der Waals surface area contributed by atoms with Gasteiger partial charge >= 0.3 is 0 Å². The molecule has 1 aromatic carbocycles. The lowest BCUT2D eigenvalue weighted by Gasteiger charge is -2.11. The van der Waals surface area contributed by atoms with Crippen LogP contribution in [0.15, 0.2) is 53.6 Å². The Morgan fingerprint density at radius 2 is 1.96 bits per heavy atom. The van der Waals surface area contributed by atoms with Gasteiger partial charge in [-0.15, -0.1) is 0 Å². The minimum atomic E-state index is -0.713. The van der Waals surface area contributed by atoms with Crippen LogP contribution in [-0.2, 0) is 13.5 Å². The number of hydrogen-bond donors (Lipinski definition) is 1. The number of carbonyl (C=O) groups excluding carboxylic acids is 1. The summed E-state index contributed by atoms with van der Waals surface area (Å²) in [6.07, 6.45) is 3.43. The normalized spacial score (nSPS) is 10.6. The van der Waals surface area contributed by atoms with Gasteiger partial charge in [0.25, 0.3) is 11.5 Å². The highest BCUT2D eigenvalue weighted by Gasteiger charge is 2.17. The molecule has 1 amide bonds. The number of amides is 1. The van der Waals surface area contributed by atoms with Crippen molar-refractivity contribution in [3.63, 3.8) is 0 Å². The molecule has 3 aromatic rings. The molecule has 0 saturated carbocycles. The van der Waals surface area contributed by atoms with E-state index in [0.717, 1.165) is 17.3 Å². The van der Waals surface area contributed by atoms with Gasteiger partial charge in [-0.25, -0.2) is 4.98 Å². The molecule has 2 aromatic heterocycles. The van der Waals surface area contributed by atoms with Crippen molar-refractivity contribution in [3.05, 3.63) is 81.0 Å². The molecule has 0 aliphatic heterocycles. The molecule has 6 nitrogen and oxygen atoms in total. The number of aromatic nitrogens is 3. The largest absolute Gasteiger partial charge is 0.364 e. The highest BCUT2D eigenvalue weighted by atomic mass is 35.5. The van der Waals surface area contributed by atoms with Gasteiger partial charge in [0, 0.05) is 18.3 Å². The molecule has 0 fully saturated rings. The van der Waals surface area contributed by atoms with Crippen molar-refractivity contribution in [2.75, 3.05) is 0 Å². The predicted octanol–water partition coefficient (Wildman–Crippen LogP) is 2.19. The molecule has 7 heteroatoms. The van der Waals surface area contributed by atoms with Crippen molar-refractivity contribution in [1.82, 2.24) is 14.5 Å². The van der Waals surface area contributed by atoms with Crippen LogP contribution in [-0.4, -0.2) is 20.4 Å². The lowest BCUT2D eigenvalue weighted by molar-refractivity contribution is 0.0995. The summed E-state index contributed by atoms with van der Waals surface area (Å²) in [5.41, 5.74) is 7.82. The van der Waals surface area contributed by atoms with E-state index in [1.165, 1.54) is 4.57 Å². The summed E-state index contributed by atoms with van der Waals surface area (Å²) in [5, 5.41) is 0.679. The summed E-state index contributed by atoms with van der Waals surface area (Å²) in [5.74, 6) is -0.713. The van der Waals surface area contributed by atoms with Crippen LogP contribution in [0.5, 0.6) is 0 Å². The third kappa shape index (κ3) is 3.59. The van der Waals surface area contributed by atoms with Gasteiger partial charge in [-0.3, -0.25) is 14.6 Å². The van der Waals surface area contributed by atoms with Gasteiger partial charge < -0.3 is 10.3 Å². The molecule has 0 radical (unpaired) electrons. The second kappa shape index (κ2) is 6.86. The van der Waals surface area contributed by atoms with Crippen molar-refractivity contribution < 1.29 is 4.79 Å². The highest BCUT2D eigenvalue weighted by Crippen LogP contribution is 2.20. The zero-order chi connectivity index (χ0) is 18.0. The van der Waals surface area contributed by atoms with E-state index in [4.69, 9.17) is 17.3 Å². The van der Waals surface area contributed by atoms with Crippen LogP contribution < -0.4 is 11.3 Å². The number of hydrogen-bond acceptors (Lipinski definition) is 4. The van der Waals surface area contributed by atoms with Gasteiger partial charge in [0.1, 0.15) is 5.69 Å². The molecule has 0 unspecified atom stereocenters. The monoisotopic (exact) mass is 354 g/mol. The first-order valence-electron chi connectivity index (χ1n) is 7.51. The van der Waals surface area contributed by atoms with E-state index in [0.29, 0.717) is 22.8 Å². The van der Waals surface area contributed by atoms with Crippen LogP contribution in [0.4, 0.5) is 0 Å². The van der Waals surface area contributed by atoms with E-state index < -0.39 is 5.91 Å². The summed E-state index contributed by atoms with van der Waals surface area (Å²) in [7, 11) is 1.55.